The third kappa shape index (κ3) is 39.0. The number of ether oxygens (including phenoxy) is 2. The molecule has 0 aliphatic heterocycles. The van der Waals surface area contributed by atoms with Gasteiger partial charge in [-0.15, -0.1) is 0 Å². The highest BCUT2D eigenvalue weighted by atomic mass is 31.2. The van der Waals surface area contributed by atoms with Crippen molar-refractivity contribution in [3.8, 4) is 0 Å². The fourth-order valence-electron chi connectivity index (χ4n) is 4.95. The lowest BCUT2D eigenvalue weighted by Crippen LogP contribution is -2.34. The maximum Gasteiger partial charge on any atom is 0.472 e. The first kappa shape index (κ1) is 53.4. The highest BCUT2D eigenvalue weighted by molar-refractivity contribution is 7.47. The Morgan fingerprint density at radius 2 is 1.02 bits per heavy atom. The fourth-order valence-corrected chi connectivity index (χ4v) is 5.72. The zero-order chi connectivity index (χ0) is 42.1. The van der Waals surface area contributed by atoms with E-state index in [-0.39, 0.29) is 19.4 Å². The number of rotatable bonds is 37. The van der Waals surface area contributed by atoms with Crippen molar-refractivity contribution in [1.29, 1.82) is 0 Å². The van der Waals surface area contributed by atoms with Gasteiger partial charge >= 0.3 is 25.7 Å². The quantitative estimate of drug-likeness (QED) is 0.0179. The summed E-state index contributed by atoms with van der Waals surface area (Å²) in [5.74, 6) is -2.46. The Hall–Kier alpha value is -3.60. The van der Waals surface area contributed by atoms with Gasteiger partial charge in [-0.05, 0) is 70.6 Å². The molecular weight excluding hydrogens is 745 g/mol. The lowest BCUT2D eigenvalue weighted by molar-refractivity contribution is -0.161. The standard InChI is InChI=1S/C45H72NO10P/c1-3-5-7-9-11-13-15-17-18-19-20-21-22-23-25-26-28-30-32-34-36-43(47)53-38-41(39-54-57(51,52)55-40-42(46)45(49)50)56-44(48)37-35-33-31-29-27-24-16-14-12-10-8-6-4-2/h5-8,10-14,16-18,20-21,24,27,41-42H,3-4,9,15,19,22-23,25-26,28-40,46H2,1-2H3,(H,49,50)(H,51,52)/b7-5+,8-6+,12-10+,13-11+,16-14+,18-17+,21-20+,27-24+/t41?,42-/m1/s1. The molecule has 0 fully saturated rings. The van der Waals surface area contributed by atoms with Crippen molar-refractivity contribution < 1.29 is 47.5 Å². The van der Waals surface area contributed by atoms with E-state index in [1.807, 2.05) is 36.5 Å². The molecule has 2 unspecified atom stereocenters. The fraction of sp³-hybridized carbons (Fsp3) is 0.578. The molecule has 0 aliphatic carbocycles. The molecule has 322 valence electrons. The van der Waals surface area contributed by atoms with Gasteiger partial charge in [0.25, 0.3) is 0 Å². The summed E-state index contributed by atoms with van der Waals surface area (Å²) >= 11 is 0. The van der Waals surface area contributed by atoms with E-state index in [4.69, 9.17) is 24.8 Å². The zero-order valence-corrected chi connectivity index (χ0v) is 35.5. The average Bonchev–Trinajstić information content (AvgIpc) is 3.19. The van der Waals surface area contributed by atoms with Gasteiger partial charge in [0.05, 0.1) is 13.2 Å². The largest absolute Gasteiger partial charge is 0.480 e. The molecule has 0 radical (unpaired) electrons. The second kappa shape index (κ2) is 39.2. The van der Waals surface area contributed by atoms with Crippen LogP contribution in [0.15, 0.2) is 97.2 Å². The molecule has 0 aromatic rings. The average molecular weight is 818 g/mol. The number of carboxylic acid groups (broad SMARTS) is 1. The lowest BCUT2D eigenvalue weighted by atomic mass is 10.1. The number of unbranched alkanes of at least 4 members (excludes halogenated alkanes) is 10. The van der Waals surface area contributed by atoms with E-state index in [9.17, 15) is 23.8 Å². The Bertz CT molecular complexity index is 1330. The van der Waals surface area contributed by atoms with Crippen LogP contribution in [0.25, 0.3) is 0 Å². The van der Waals surface area contributed by atoms with Crippen molar-refractivity contribution in [2.75, 3.05) is 19.8 Å². The molecule has 0 aromatic carbocycles. The number of esters is 2. The Labute approximate surface area is 343 Å². The van der Waals surface area contributed by atoms with Crippen molar-refractivity contribution in [3.63, 3.8) is 0 Å². The molecule has 4 N–H and O–H groups in total. The third-order valence-corrected chi connectivity index (χ3v) is 9.12. The summed E-state index contributed by atoms with van der Waals surface area (Å²) in [6.07, 6.45) is 49.1. The van der Waals surface area contributed by atoms with Crippen LogP contribution in [0.5, 0.6) is 0 Å². The number of phosphoric ester groups is 1. The number of nitrogens with two attached hydrogens (primary N) is 1. The molecule has 0 aromatic heterocycles. The molecule has 0 heterocycles. The number of hydrogen-bond acceptors (Lipinski definition) is 9. The number of allylic oxidation sites excluding steroid dienone is 16. The predicted octanol–water partition coefficient (Wildman–Crippen LogP) is 10.9. The van der Waals surface area contributed by atoms with Crippen molar-refractivity contribution in [1.82, 2.24) is 0 Å². The highest BCUT2D eigenvalue weighted by Crippen LogP contribution is 2.43. The predicted molar refractivity (Wildman–Crippen MR) is 230 cm³/mol. The van der Waals surface area contributed by atoms with Crippen LogP contribution < -0.4 is 5.73 Å². The van der Waals surface area contributed by atoms with Crippen LogP contribution in [-0.4, -0.2) is 59.9 Å². The Kier molecular flexibility index (Phi) is 36.8. The Morgan fingerprint density at radius 3 is 1.61 bits per heavy atom. The minimum absolute atomic E-state index is 0.106. The summed E-state index contributed by atoms with van der Waals surface area (Å²) in [5, 5.41) is 8.88. The second-order valence-electron chi connectivity index (χ2n) is 13.4. The second-order valence-corrected chi connectivity index (χ2v) is 14.9. The van der Waals surface area contributed by atoms with Gasteiger partial charge in [0, 0.05) is 12.8 Å². The molecule has 0 saturated carbocycles. The first-order valence-corrected chi connectivity index (χ1v) is 22.3. The molecule has 0 saturated heterocycles. The van der Waals surface area contributed by atoms with Crippen LogP contribution in [-0.2, 0) is 37.5 Å². The van der Waals surface area contributed by atoms with Crippen LogP contribution in [0, 0.1) is 0 Å². The van der Waals surface area contributed by atoms with Gasteiger partial charge in [0.15, 0.2) is 6.10 Å². The van der Waals surface area contributed by atoms with Gasteiger partial charge in [-0.2, -0.15) is 0 Å². The normalized spacial score (nSPS) is 14.7. The summed E-state index contributed by atoms with van der Waals surface area (Å²) in [4.78, 5) is 45.9. The van der Waals surface area contributed by atoms with Crippen molar-refractivity contribution in [3.05, 3.63) is 97.2 Å². The molecule has 57 heavy (non-hydrogen) atoms. The van der Waals surface area contributed by atoms with Crippen molar-refractivity contribution >= 4 is 25.7 Å². The summed E-state index contributed by atoms with van der Waals surface area (Å²) in [6, 6.07) is -1.53. The van der Waals surface area contributed by atoms with Gasteiger partial charge in [0.1, 0.15) is 12.6 Å². The molecule has 0 rings (SSSR count). The number of hydrogen-bond donors (Lipinski definition) is 3. The molecule has 0 aliphatic rings. The van der Waals surface area contributed by atoms with E-state index >= 15 is 0 Å². The van der Waals surface area contributed by atoms with E-state index < -0.39 is 51.1 Å². The number of carbonyl (C=O) groups excluding carboxylic acids is 2. The zero-order valence-electron chi connectivity index (χ0n) is 34.6. The summed E-state index contributed by atoms with van der Waals surface area (Å²) in [7, 11) is -4.73. The van der Waals surface area contributed by atoms with E-state index in [1.54, 1.807) is 0 Å². The van der Waals surface area contributed by atoms with E-state index in [1.165, 1.54) is 6.42 Å². The maximum absolute atomic E-state index is 12.6. The maximum atomic E-state index is 12.6. The molecule has 0 amide bonds. The summed E-state index contributed by atoms with van der Waals surface area (Å²) in [6.45, 7) is 2.47. The van der Waals surface area contributed by atoms with Crippen LogP contribution in [0.4, 0.5) is 0 Å². The molecule has 0 spiro atoms. The van der Waals surface area contributed by atoms with E-state index in [0.29, 0.717) is 12.8 Å². The molecular formula is C45H72NO10P. The Morgan fingerprint density at radius 1 is 0.561 bits per heavy atom. The minimum atomic E-state index is -4.73. The minimum Gasteiger partial charge on any atom is -0.480 e. The first-order valence-electron chi connectivity index (χ1n) is 20.8. The summed E-state index contributed by atoms with van der Waals surface area (Å²) in [5.41, 5.74) is 5.32. The number of aliphatic carboxylic acids is 1. The molecule has 3 atom stereocenters. The summed E-state index contributed by atoms with van der Waals surface area (Å²) < 4.78 is 32.6. The van der Waals surface area contributed by atoms with Crippen LogP contribution in [0.3, 0.4) is 0 Å². The monoisotopic (exact) mass is 817 g/mol. The van der Waals surface area contributed by atoms with Crippen LogP contribution in [0.1, 0.15) is 136 Å². The SMILES string of the molecule is CC/C=C/C=C/C=C/C=C/CCCCCC(=O)OC(COC(=O)CCCCCCCCC/C=C/C/C=C/C/C=C/C/C=C/CC)COP(=O)(O)OC[C@@H](N)C(=O)O. The number of carboxylic acids is 1. The topological polar surface area (TPSA) is 172 Å². The third-order valence-electron chi connectivity index (χ3n) is 8.17. The van der Waals surface area contributed by atoms with E-state index in [2.05, 4.69) is 79.1 Å². The smallest absolute Gasteiger partial charge is 0.472 e. The van der Waals surface area contributed by atoms with Crippen molar-refractivity contribution in [2.45, 2.75) is 148 Å². The highest BCUT2D eigenvalue weighted by Gasteiger charge is 2.28. The van der Waals surface area contributed by atoms with Gasteiger partial charge < -0.3 is 25.2 Å². The first-order chi connectivity index (χ1) is 27.6. The van der Waals surface area contributed by atoms with Gasteiger partial charge in [0.2, 0.25) is 0 Å². The van der Waals surface area contributed by atoms with Gasteiger partial charge in [-0.3, -0.25) is 23.4 Å². The van der Waals surface area contributed by atoms with Crippen molar-refractivity contribution in [2.24, 2.45) is 5.73 Å². The number of phosphoric acid groups is 1. The Balaban J connectivity index is 4.43. The van der Waals surface area contributed by atoms with Gasteiger partial charge in [-0.25, -0.2) is 4.57 Å². The van der Waals surface area contributed by atoms with Crippen LogP contribution in [0.2, 0.25) is 0 Å². The molecule has 12 heteroatoms. The van der Waals surface area contributed by atoms with Gasteiger partial charge in [-0.1, -0.05) is 150 Å². The lowest BCUT2D eigenvalue weighted by Gasteiger charge is -2.20. The molecule has 11 nitrogen and oxygen atoms in total. The van der Waals surface area contributed by atoms with E-state index in [0.717, 1.165) is 89.9 Å². The molecule has 0 bridgehead atoms. The van der Waals surface area contributed by atoms with Crippen LogP contribution >= 0.6 is 7.82 Å². The number of carbonyl (C=O) groups is 3.